The maximum atomic E-state index is 13.0. The van der Waals surface area contributed by atoms with Crippen molar-refractivity contribution in [3.63, 3.8) is 0 Å². The van der Waals surface area contributed by atoms with Crippen molar-refractivity contribution in [1.29, 1.82) is 0 Å². The van der Waals surface area contributed by atoms with Gasteiger partial charge in [0.05, 0.1) is 6.42 Å². The van der Waals surface area contributed by atoms with Gasteiger partial charge in [-0.05, 0) is 48.4 Å². The van der Waals surface area contributed by atoms with Crippen LogP contribution in [0.15, 0.2) is 18.2 Å². The van der Waals surface area contributed by atoms with Gasteiger partial charge >= 0.3 is 0 Å². The van der Waals surface area contributed by atoms with Gasteiger partial charge in [0.1, 0.15) is 0 Å². The molecule has 118 valence electrons. The van der Waals surface area contributed by atoms with Crippen LogP contribution in [0.1, 0.15) is 61.9 Å². The Morgan fingerprint density at radius 1 is 1.32 bits per heavy atom. The summed E-state index contributed by atoms with van der Waals surface area (Å²) in [6, 6.07) is 5.70. The quantitative estimate of drug-likeness (QED) is 0.846. The van der Waals surface area contributed by atoms with Crippen molar-refractivity contribution in [3.05, 3.63) is 29.3 Å². The van der Waals surface area contributed by atoms with Crippen LogP contribution in [0.2, 0.25) is 0 Å². The fourth-order valence-corrected chi connectivity index (χ4v) is 4.07. The Morgan fingerprint density at radius 2 is 2.09 bits per heavy atom. The molecule has 3 heteroatoms. The van der Waals surface area contributed by atoms with E-state index in [9.17, 15) is 9.59 Å². The Hall–Kier alpha value is -1.64. The van der Waals surface area contributed by atoms with Crippen molar-refractivity contribution in [2.45, 2.75) is 52.4 Å². The molecule has 2 aliphatic rings. The monoisotopic (exact) mass is 299 g/mol. The highest BCUT2D eigenvalue weighted by molar-refractivity contribution is 6.03. The van der Waals surface area contributed by atoms with Gasteiger partial charge in [-0.15, -0.1) is 0 Å². The van der Waals surface area contributed by atoms with Gasteiger partial charge in [-0.1, -0.05) is 33.1 Å². The molecule has 0 saturated heterocycles. The standard InChI is InChI=1S/C19H25NO2/c1-3-12(2)15-6-4-5-7-16(15)19(22)13-8-9-17-14(10-13)11-18(21)20-17/h8-10,12,15-16H,3-7,11H2,1-2H3,(H,20,21). The lowest BCUT2D eigenvalue weighted by atomic mass is 9.69. The summed E-state index contributed by atoms with van der Waals surface area (Å²) in [6.07, 6.45) is 6.14. The van der Waals surface area contributed by atoms with Crippen molar-refractivity contribution < 1.29 is 9.59 Å². The van der Waals surface area contributed by atoms with Crippen molar-refractivity contribution in [3.8, 4) is 0 Å². The van der Waals surface area contributed by atoms with E-state index < -0.39 is 0 Å². The Balaban J connectivity index is 1.83. The Morgan fingerprint density at radius 3 is 2.86 bits per heavy atom. The molecule has 1 N–H and O–H groups in total. The minimum atomic E-state index is 0.0229. The van der Waals surface area contributed by atoms with Crippen LogP contribution < -0.4 is 5.32 Å². The molecule has 22 heavy (non-hydrogen) atoms. The van der Waals surface area contributed by atoms with E-state index in [0.29, 0.717) is 18.3 Å². The summed E-state index contributed by atoms with van der Waals surface area (Å²) in [6.45, 7) is 4.50. The summed E-state index contributed by atoms with van der Waals surface area (Å²) in [5, 5.41) is 2.83. The molecule has 1 aromatic rings. The molecule has 1 fully saturated rings. The highest BCUT2D eigenvalue weighted by atomic mass is 16.1. The smallest absolute Gasteiger partial charge is 0.228 e. The van der Waals surface area contributed by atoms with Crippen molar-refractivity contribution >= 4 is 17.4 Å². The number of hydrogen-bond acceptors (Lipinski definition) is 2. The summed E-state index contributed by atoms with van der Waals surface area (Å²) in [5.74, 6) is 1.58. The van der Waals surface area contributed by atoms with E-state index in [1.165, 1.54) is 12.8 Å². The number of rotatable bonds is 4. The Kier molecular flexibility index (Phi) is 4.32. The minimum Gasteiger partial charge on any atom is -0.326 e. The van der Waals surface area contributed by atoms with Crippen LogP contribution in [0.3, 0.4) is 0 Å². The predicted octanol–water partition coefficient (Wildman–Crippen LogP) is 4.22. The van der Waals surface area contributed by atoms with E-state index in [0.717, 1.165) is 36.1 Å². The second-order valence-corrected chi connectivity index (χ2v) is 6.90. The molecule has 1 amide bonds. The maximum Gasteiger partial charge on any atom is 0.228 e. The molecule has 3 nitrogen and oxygen atoms in total. The lowest BCUT2D eigenvalue weighted by Crippen LogP contribution is -2.31. The van der Waals surface area contributed by atoms with Crippen LogP contribution in [-0.4, -0.2) is 11.7 Å². The predicted molar refractivity (Wildman–Crippen MR) is 88.0 cm³/mol. The second kappa shape index (κ2) is 6.23. The number of Topliss-reactive ketones (excluding diaryl/α,β-unsaturated/α-hetero) is 1. The zero-order valence-electron chi connectivity index (χ0n) is 13.5. The summed E-state index contributed by atoms with van der Waals surface area (Å²) in [5.41, 5.74) is 2.62. The van der Waals surface area contributed by atoms with E-state index >= 15 is 0 Å². The van der Waals surface area contributed by atoms with Gasteiger partial charge in [0.2, 0.25) is 5.91 Å². The van der Waals surface area contributed by atoms with Gasteiger partial charge in [-0.2, -0.15) is 0 Å². The maximum absolute atomic E-state index is 13.0. The van der Waals surface area contributed by atoms with Crippen LogP contribution in [0, 0.1) is 17.8 Å². The highest BCUT2D eigenvalue weighted by Gasteiger charge is 2.34. The average Bonchev–Trinajstić information content (AvgIpc) is 2.92. The van der Waals surface area contributed by atoms with Crippen LogP contribution >= 0.6 is 0 Å². The van der Waals surface area contributed by atoms with E-state index in [-0.39, 0.29) is 17.6 Å². The van der Waals surface area contributed by atoms with Crippen molar-refractivity contribution in [2.24, 2.45) is 17.8 Å². The van der Waals surface area contributed by atoms with Crippen LogP contribution in [0.25, 0.3) is 0 Å². The first-order valence-corrected chi connectivity index (χ1v) is 8.57. The molecule has 1 aliphatic carbocycles. The van der Waals surface area contributed by atoms with E-state index in [4.69, 9.17) is 0 Å². The lowest BCUT2D eigenvalue weighted by molar-refractivity contribution is -0.115. The first-order valence-electron chi connectivity index (χ1n) is 8.57. The SMILES string of the molecule is CCC(C)C1CCCCC1C(=O)c1ccc2c(c1)CC(=O)N2. The molecule has 1 aliphatic heterocycles. The summed E-state index contributed by atoms with van der Waals surface area (Å²) >= 11 is 0. The lowest BCUT2D eigenvalue weighted by Gasteiger charge is -2.34. The molecule has 3 unspecified atom stereocenters. The summed E-state index contributed by atoms with van der Waals surface area (Å²) in [4.78, 5) is 24.5. The normalized spacial score (nSPS) is 25.5. The topological polar surface area (TPSA) is 46.2 Å². The second-order valence-electron chi connectivity index (χ2n) is 6.90. The molecule has 0 aromatic heterocycles. The number of fused-ring (bicyclic) bond motifs is 1. The van der Waals surface area contributed by atoms with Crippen molar-refractivity contribution in [1.82, 2.24) is 0 Å². The van der Waals surface area contributed by atoms with E-state index in [1.807, 2.05) is 18.2 Å². The Bertz CT molecular complexity index is 593. The van der Waals surface area contributed by atoms with Gasteiger partial charge in [0.15, 0.2) is 5.78 Å². The van der Waals surface area contributed by atoms with Gasteiger partial charge in [-0.3, -0.25) is 9.59 Å². The third kappa shape index (κ3) is 2.81. The van der Waals surface area contributed by atoms with E-state index in [2.05, 4.69) is 19.2 Å². The third-order valence-corrected chi connectivity index (χ3v) is 5.55. The van der Waals surface area contributed by atoms with Gasteiger partial charge < -0.3 is 5.32 Å². The number of nitrogens with one attached hydrogen (secondary N) is 1. The molecule has 0 radical (unpaired) electrons. The molecule has 3 atom stereocenters. The van der Waals surface area contributed by atoms with Gasteiger partial charge in [-0.25, -0.2) is 0 Å². The van der Waals surface area contributed by atoms with E-state index in [1.54, 1.807) is 0 Å². The van der Waals surface area contributed by atoms with Gasteiger partial charge in [0, 0.05) is 17.2 Å². The van der Waals surface area contributed by atoms with Crippen LogP contribution in [-0.2, 0) is 11.2 Å². The summed E-state index contributed by atoms with van der Waals surface area (Å²) < 4.78 is 0. The molecule has 0 bridgehead atoms. The highest BCUT2D eigenvalue weighted by Crippen LogP contribution is 2.38. The number of carbonyl (C=O) groups excluding carboxylic acids is 2. The largest absolute Gasteiger partial charge is 0.326 e. The third-order valence-electron chi connectivity index (χ3n) is 5.55. The molecule has 1 heterocycles. The zero-order chi connectivity index (χ0) is 15.7. The number of hydrogen-bond donors (Lipinski definition) is 1. The minimum absolute atomic E-state index is 0.0229. The number of ketones is 1. The fraction of sp³-hybridized carbons (Fsp3) is 0.579. The number of amides is 1. The van der Waals surface area contributed by atoms with Gasteiger partial charge in [0.25, 0.3) is 0 Å². The first kappa shape index (κ1) is 15.3. The molecule has 0 spiro atoms. The van der Waals surface area contributed by atoms with Crippen LogP contribution in [0.4, 0.5) is 5.69 Å². The molecule has 1 saturated carbocycles. The Labute approximate surface area is 132 Å². The molecule has 3 rings (SSSR count). The number of carbonyl (C=O) groups is 2. The molecular formula is C19H25NO2. The molecular weight excluding hydrogens is 274 g/mol. The first-order chi connectivity index (χ1) is 10.6. The molecule has 1 aromatic carbocycles. The summed E-state index contributed by atoms with van der Waals surface area (Å²) in [7, 11) is 0. The average molecular weight is 299 g/mol. The zero-order valence-corrected chi connectivity index (χ0v) is 13.5. The number of anilines is 1. The van der Waals surface area contributed by atoms with Crippen LogP contribution in [0.5, 0.6) is 0 Å². The van der Waals surface area contributed by atoms with Crippen molar-refractivity contribution in [2.75, 3.05) is 5.32 Å². The fourth-order valence-electron chi connectivity index (χ4n) is 4.07. The number of benzene rings is 1.